The van der Waals surface area contributed by atoms with Crippen LogP contribution in [0.25, 0.3) is 5.76 Å². The minimum absolute atomic E-state index is 0.0333. The minimum atomic E-state index is -1.02. The van der Waals surface area contributed by atoms with Gasteiger partial charge in [0.1, 0.15) is 22.1 Å². The predicted octanol–water partition coefficient (Wildman–Crippen LogP) is 5.05. The number of methoxy groups -OCH3 is 1. The van der Waals surface area contributed by atoms with Gasteiger partial charge in [0, 0.05) is 5.56 Å². The first-order valence-corrected chi connectivity index (χ1v) is 12.8. The van der Waals surface area contributed by atoms with E-state index in [1.54, 1.807) is 62.4 Å². The van der Waals surface area contributed by atoms with E-state index in [1.165, 1.54) is 12.0 Å². The molecule has 3 aromatic rings. The highest BCUT2D eigenvalue weighted by molar-refractivity contribution is 7.17. The summed E-state index contributed by atoms with van der Waals surface area (Å²) in [6.07, 6.45) is -0.0333. The number of aliphatic hydroxyl groups excluding tert-OH is 1. The Morgan fingerprint density at radius 2 is 1.84 bits per heavy atom. The van der Waals surface area contributed by atoms with E-state index in [2.05, 4.69) is 4.98 Å². The summed E-state index contributed by atoms with van der Waals surface area (Å²) in [6.45, 7) is 7.30. The molecule has 0 spiro atoms. The van der Waals surface area contributed by atoms with Gasteiger partial charge < -0.3 is 19.3 Å². The first-order valence-electron chi connectivity index (χ1n) is 12.0. The first kappa shape index (κ1) is 26.9. The molecule has 1 fully saturated rings. The summed E-state index contributed by atoms with van der Waals surface area (Å²) in [5.41, 5.74) is 1.13. The number of nitrogens with zero attached hydrogens (tertiary/aromatic N) is 2. The average Bonchev–Trinajstić information content (AvgIpc) is 3.40. The Balaban J connectivity index is 1.87. The molecule has 1 saturated heterocycles. The molecule has 10 heteroatoms. The van der Waals surface area contributed by atoms with Gasteiger partial charge in [-0.25, -0.2) is 9.78 Å². The summed E-state index contributed by atoms with van der Waals surface area (Å²) in [5.74, 6) is -1.54. The van der Waals surface area contributed by atoms with E-state index >= 15 is 0 Å². The fourth-order valence-electron chi connectivity index (χ4n) is 4.15. The number of carbonyl (C=O) groups excluding carboxylic acids is 3. The van der Waals surface area contributed by atoms with Gasteiger partial charge in [-0.1, -0.05) is 23.5 Å². The van der Waals surface area contributed by atoms with Crippen molar-refractivity contribution in [3.8, 4) is 11.5 Å². The van der Waals surface area contributed by atoms with Crippen molar-refractivity contribution in [2.24, 2.45) is 0 Å². The van der Waals surface area contributed by atoms with Gasteiger partial charge in [-0.2, -0.15) is 0 Å². The maximum Gasteiger partial charge on any atom is 0.350 e. The monoisotopic (exact) mass is 536 g/mol. The molecule has 1 aromatic heterocycles. The molecule has 198 valence electrons. The van der Waals surface area contributed by atoms with Crippen molar-refractivity contribution in [3.63, 3.8) is 0 Å². The van der Waals surface area contributed by atoms with Gasteiger partial charge in [-0.15, -0.1) is 0 Å². The van der Waals surface area contributed by atoms with Gasteiger partial charge in [-0.3, -0.25) is 14.5 Å². The summed E-state index contributed by atoms with van der Waals surface area (Å²) in [5, 5.41) is 11.5. The standard InChI is InChI=1S/C28H28N2O7S/c1-6-36-27(34)25-16(4)29-28(38-25)30-22(18-8-7-9-20(14-18)35-5)21(24(32)26(30)33)23(31)17-10-12-19(13-11-17)37-15(2)3/h7-15,22,31H,6H2,1-5H3/b23-21+. The number of aryl methyl sites for hydroxylation is 1. The van der Waals surface area contributed by atoms with Crippen LogP contribution in [0.3, 0.4) is 0 Å². The average molecular weight is 537 g/mol. The molecule has 0 aliphatic carbocycles. The number of aliphatic hydroxyl groups is 1. The Morgan fingerprint density at radius 1 is 1.13 bits per heavy atom. The van der Waals surface area contributed by atoms with E-state index in [4.69, 9.17) is 14.2 Å². The second-order valence-corrected chi connectivity index (χ2v) is 9.75. The minimum Gasteiger partial charge on any atom is -0.507 e. The molecule has 0 bridgehead atoms. The molecule has 2 aromatic carbocycles. The molecule has 0 saturated carbocycles. The topological polar surface area (TPSA) is 115 Å². The molecule has 1 atom stereocenters. The molecule has 4 rings (SSSR count). The zero-order valence-electron chi connectivity index (χ0n) is 21.7. The zero-order chi connectivity index (χ0) is 27.6. The van der Waals surface area contributed by atoms with E-state index in [0.717, 1.165) is 11.3 Å². The molecule has 1 N–H and O–H groups in total. The lowest BCUT2D eigenvalue weighted by molar-refractivity contribution is -0.132. The summed E-state index contributed by atoms with van der Waals surface area (Å²) in [7, 11) is 1.51. The van der Waals surface area contributed by atoms with E-state index < -0.39 is 23.7 Å². The van der Waals surface area contributed by atoms with Crippen LogP contribution in [0.15, 0.2) is 54.1 Å². The zero-order valence-corrected chi connectivity index (χ0v) is 22.5. The second kappa shape index (κ2) is 11.1. The molecule has 1 aliphatic heterocycles. The van der Waals surface area contributed by atoms with Crippen LogP contribution in [0.1, 0.15) is 53.3 Å². The number of Topliss-reactive ketones (excluding diaryl/α,β-unsaturated/α-hetero) is 1. The molecule has 1 unspecified atom stereocenters. The van der Waals surface area contributed by atoms with E-state index in [9.17, 15) is 19.5 Å². The van der Waals surface area contributed by atoms with Crippen LogP contribution >= 0.6 is 11.3 Å². The van der Waals surface area contributed by atoms with Gasteiger partial charge >= 0.3 is 11.9 Å². The number of ether oxygens (including phenoxy) is 3. The van der Waals surface area contributed by atoms with Crippen molar-refractivity contribution in [2.45, 2.75) is 39.8 Å². The molecular formula is C28H28N2O7S. The number of hydrogen-bond acceptors (Lipinski definition) is 9. The normalized spacial score (nSPS) is 16.7. The first-order chi connectivity index (χ1) is 18.2. The fraction of sp³-hybridized carbons (Fsp3) is 0.286. The van der Waals surface area contributed by atoms with Crippen LogP contribution in [0.5, 0.6) is 11.5 Å². The third-order valence-corrected chi connectivity index (χ3v) is 6.94. The number of rotatable bonds is 8. The summed E-state index contributed by atoms with van der Waals surface area (Å²) < 4.78 is 16.1. The fourth-order valence-corrected chi connectivity index (χ4v) is 5.13. The number of ketones is 1. The van der Waals surface area contributed by atoms with Crippen LogP contribution in [0.4, 0.5) is 5.13 Å². The van der Waals surface area contributed by atoms with Crippen molar-refractivity contribution in [1.82, 2.24) is 4.98 Å². The van der Waals surface area contributed by atoms with Crippen LogP contribution in [0, 0.1) is 6.92 Å². The van der Waals surface area contributed by atoms with Gasteiger partial charge in [0.15, 0.2) is 5.13 Å². The molecule has 2 heterocycles. The molecule has 1 amide bonds. The van der Waals surface area contributed by atoms with Crippen molar-refractivity contribution in [2.75, 3.05) is 18.6 Å². The van der Waals surface area contributed by atoms with Crippen molar-refractivity contribution < 1.29 is 33.7 Å². The lowest BCUT2D eigenvalue weighted by atomic mass is 9.95. The third kappa shape index (κ3) is 5.12. The molecule has 1 aliphatic rings. The van der Waals surface area contributed by atoms with Crippen molar-refractivity contribution >= 4 is 39.9 Å². The van der Waals surface area contributed by atoms with Gasteiger partial charge in [-0.05, 0) is 69.7 Å². The van der Waals surface area contributed by atoms with Crippen LogP contribution in [-0.2, 0) is 14.3 Å². The van der Waals surface area contributed by atoms with E-state index in [-0.39, 0.29) is 34.1 Å². The summed E-state index contributed by atoms with van der Waals surface area (Å²) in [4.78, 5) is 45.1. The number of hydrogen-bond donors (Lipinski definition) is 1. The number of benzene rings is 2. The van der Waals surface area contributed by atoms with Gasteiger partial charge in [0.25, 0.3) is 5.78 Å². The Bertz CT molecular complexity index is 1410. The Hall–Kier alpha value is -4.18. The Kier molecular flexibility index (Phi) is 7.82. The largest absolute Gasteiger partial charge is 0.507 e. The summed E-state index contributed by atoms with van der Waals surface area (Å²) in [6, 6.07) is 12.5. The van der Waals surface area contributed by atoms with E-state index in [0.29, 0.717) is 28.3 Å². The molecule has 38 heavy (non-hydrogen) atoms. The van der Waals surface area contributed by atoms with Crippen LogP contribution < -0.4 is 14.4 Å². The number of aromatic nitrogens is 1. The number of anilines is 1. The van der Waals surface area contributed by atoms with Crippen LogP contribution in [-0.4, -0.2) is 47.6 Å². The highest BCUT2D eigenvalue weighted by Crippen LogP contribution is 2.44. The van der Waals surface area contributed by atoms with Crippen LogP contribution in [0.2, 0.25) is 0 Å². The van der Waals surface area contributed by atoms with Gasteiger partial charge in [0.05, 0.1) is 37.1 Å². The van der Waals surface area contributed by atoms with Crippen molar-refractivity contribution in [1.29, 1.82) is 0 Å². The second-order valence-electron chi connectivity index (χ2n) is 8.77. The smallest absolute Gasteiger partial charge is 0.350 e. The Labute approximate surface area is 224 Å². The summed E-state index contributed by atoms with van der Waals surface area (Å²) >= 11 is 0.951. The maximum atomic E-state index is 13.4. The van der Waals surface area contributed by atoms with E-state index in [1.807, 2.05) is 13.8 Å². The highest BCUT2D eigenvalue weighted by atomic mass is 32.1. The number of esters is 1. The lowest BCUT2D eigenvalue weighted by Crippen LogP contribution is -2.29. The molecule has 0 radical (unpaired) electrons. The molecule has 9 nitrogen and oxygen atoms in total. The molecular weight excluding hydrogens is 508 g/mol. The number of amides is 1. The number of carbonyl (C=O) groups is 3. The maximum absolute atomic E-state index is 13.4. The quantitative estimate of drug-likeness (QED) is 0.184. The predicted molar refractivity (Wildman–Crippen MR) is 143 cm³/mol. The third-order valence-electron chi connectivity index (χ3n) is 5.81. The number of thiazole rings is 1. The van der Waals surface area contributed by atoms with Gasteiger partial charge in [0.2, 0.25) is 0 Å². The SMILES string of the molecule is CCOC(=O)c1sc(N2C(=O)C(=O)/C(=C(/O)c3ccc(OC(C)C)cc3)C2c2cccc(OC)c2)nc1C. The highest BCUT2D eigenvalue weighted by Gasteiger charge is 2.48. The van der Waals surface area contributed by atoms with Crippen molar-refractivity contribution in [3.05, 3.63) is 75.8 Å². The Morgan fingerprint density at radius 3 is 2.47 bits per heavy atom. The lowest BCUT2D eigenvalue weighted by Gasteiger charge is -2.23.